The lowest BCUT2D eigenvalue weighted by Gasteiger charge is -2.22. The lowest BCUT2D eigenvalue weighted by atomic mass is 9.98. The maximum atomic E-state index is 12.5. The van der Waals surface area contributed by atoms with Crippen molar-refractivity contribution in [3.8, 4) is 11.8 Å². The number of para-hydroxylation sites is 1. The van der Waals surface area contributed by atoms with Gasteiger partial charge in [-0.15, -0.1) is 0 Å². The smallest absolute Gasteiger partial charge is 0.305 e. The Labute approximate surface area is 152 Å². The van der Waals surface area contributed by atoms with E-state index < -0.39 is 24.0 Å². The molecule has 0 aliphatic heterocycles. The number of amides is 1. The van der Waals surface area contributed by atoms with E-state index in [1.54, 1.807) is 43.3 Å². The van der Waals surface area contributed by atoms with Crippen LogP contribution in [0.1, 0.15) is 36.1 Å². The molecule has 0 spiro atoms. The van der Waals surface area contributed by atoms with Crippen molar-refractivity contribution >= 4 is 11.9 Å². The second kappa shape index (κ2) is 8.67. The average Bonchev–Trinajstić information content (AvgIpc) is 2.61. The van der Waals surface area contributed by atoms with Crippen LogP contribution in [0.25, 0.3) is 0 Å². The number of nitriles is 1. The molecule has 0 saturated heterocycles. The van der Waals surface area contributed by atoms with Crippen LogP contribution >= 0.6 is 0 Å². The van der Waals surface area contributed by atoms with E-state index in [-0.39, 0.29) is 6.42 Å². The van der Waals surface area contributed by atoms with Gasteiger partial charge in [-0.05, 0) is 37.1 Å². The molecule has 0 radical (unpaired) electrons. The minimum atomic E-state index is -1.01. The SMILES string of the molecule is Cc1ccccc1C(CC(=O)O)NC(=O)C(C)Oc1ccccc1C#N. The third-order valence-corrected chi connectivity index (χ3v) is 3.94. The third kappa shape index (κ3) is 4.84. The number of nitrogens with one attached hydrogen (secondary N) is 1. The van der Waals surface area contributed by atoms with Crippen molar-refractivity contribution in [3.05, 3.63) is 65.2 Å². The van der Waals surface area contributed by atoms with Crippen LogP contribution in [0, 0.1) is 18.3 Å². The molecule has 0 aliphatic carbocycles. The number of nitrogens with zero attached hydrogens (tertiary/aromatic N) is 1. The number of carboxylic acids is 1. The summed E-state index contributed by atoms with van der Waals surface area (Å²) in [5.74, 6) is -1.16. The van der Waals surface area contributed by atoms with Gasteiger partial charge in [-0.2, -0.15) is 5.26 Å². The highest BCUT2D eigenvalue weighted by Gasteiger charge is 2.23. The Bertz CT molecular complexity index is 842. The molecule has 134 valence electrons. The Balaban J connectivity index is 2.15. The van der Waals surface area contributed by atoms with Gasteiger partial charge in [-0.3, -0.25) is 9.59 Å². The molecule has 2 unspecified atom stereocenters. The highest BCUT2D eigenvalue weighted by atomic mass is 16.5. The van der Waals surface area contributed by atoms with Gasteiger partial charge < -0.3 is 15.2 Å². The summed E-state index contributed by atoms with van der Waals surface area (Å²) in [7, 11) is 0. The fourth-order valence-corrected chi connectivity index (χ4v) is 2.59. The van der Waals surface area contributed by atoms with Gasteiger partial charge in [0.25, 0.3) is 5.91 Å². The van der Waals surface area contributed by atoms with Crippen molar-refractivity contribution in [1.82, 2.24) is 5.32 Å². The molecule has 1 amide bonds. The summed E-state index contributed by atoms with van der Waals surface area (Å²) in [5, 5.41) is 21.0. The number of rotatable bonds is 7. The number of carboxylic acid groups (broad SMARTS) is 1. The van der Waals surface area contributed by atoms with Crippen LogP contribution in [-0.4, -0.2) is 23.1 Å². The molecule has 0 aliphatic rings. The first kappa shape index (κ1) is 19.0. The van der Waals surface area contributed by atoms with E-state index in [2.05, 4.69) is 5.32 Å². The second-order valence-corrected chi connectivity index (χ2v) is 5.88. The van der Waals surface area contributed by atoms with Gasteiger partial charge in [0.15, 0.2) is 6.10 Å². The highest BCUT2D eigenvalue weighted by Crippen LogP contribution is 2.22. The Kier molecular flexibility index (Phi) is 6.34. The van der Waals surface area contributed by atoms with Gasteiger partial charge >= 0.3 is 5.97 Å². The standard InChI is InChI=1S/C20H20N2O4/c1-13-7-3-5-9-16(13)17(11-19(23)24)22-20(25)14(2)26-18-10-6-4-8-15(18)12-21/h3-10,14,17H,11H2,1-2H3,(H,22,25)(H,23,24). The fourth-order valence-electron chi connectivity index (χ4n) is 2.59. The molecular formula is C20H20N2O4. The second-order valence-electron chi connectivity index (χ2n) is 5.88. The van der Waals surface area contributed by atoms with Crippen LogP contribution < -0.4 is 10.1 Å². The first-order chi connectivity index (χ1) is 12.4. The van der Waals surface area contributed by atoms with Crippen molar-refractivity contribution < 1.29 is 19.4 Å². The number of benzene rings is 2. The quantitative estimate of drug-likeness (QED) is 0.798. The molecule has 0 bridgehead atoms. The summed E-state index contributed by atoms with van der Waals surface area (Å²) in [6, 6.07) is 15.3. The topological polar surface area (TPSA) is 99.4 Å². The van der Waals surface area contributed by atoms with Crippen LogP contribution in [0.5, 0.6) is 5.75 Å². The maximum absolute atomic E-state index is 12.5. The molecular weight excluding hydrogens is 332 g/mol. The van der Waals surface area contributed by atoms with Crippen LogP contribution in [0.4, 0.5) is 0 Å². The molecule has 0 fully saturated rings. The molecule has 2 aromatic carbocycles. The third-order valence-electron chi connectivity index (χ3n) is 3.94. The normalized spacial score (nSPS) is 12.5. The van der Waals surface area contributed by atoms with E-state index in [0.29, 0.717) is 11.3 Å². The molecule has 2 N–H and O–H groups in total. The summed E-state index contributed by atoms with van der Waals surface area (Å²) in [6.07, 6.45) is -1.12. The minimum absolute atomic E-state index is 0.238. The minimum Gasteiger partial charge on any atom is -0.481 e. The fraction of sp³-hybridized carbons (Fsp3) is 0.250. The number of hydrogen-bond acceptors (Lipinski definition) is 4. The lowest BCUT2D eigenvalue weighted by Crippen LogP contribution is -2.39. The molecule has 6 nitrogen and oxygen atoms in total. The summed E-state index contributed by atoms with van der Waals surface area (Å²) >= 11 is 0. The summed E-state index contributed by atoms with van der Waals surface area (Å²) in [4.78, 5) is 23.7. The molecule has 26 heavy (non-hydrogen) atoms. The predicted molar refractivity (Wildman–Crippen MR) is 95.6 cm³/mol. The van der Waals surface area contributed by atoms with E-state index >= 15 is 0 Å². The number of ether oxygens (including phenoxy) is 1. The Morgan fingerprint density at radius 2 is 1.85 bits per heavy atom. The molecule has 2 aromatic rings. The van der Waals surface area contributed by atoms with E-state index in [1.165, 1.54) is 0 Å². The monoisotopic (exact) mass is 352 g/mol. The maximum Gasteiger partial charge on any atom is 0.305 e. The van der Waals surface area contributed by atoms with Crippen molar-refractivity contribution in [2.75, 3.05) is 0 Å². The van der Waals surface area contributed by atoms with Gasteiger partial charge in [0.1, 0.15) is 11.8 Å². The molecule has 2 atom stereocenters. The molecule has 0 aromatic heterocycles. The Hall–Kier alpha value is -3.33. The van der Waals surface area contributed by atoms with Crippen molar-refractivity contribution in [2.24, 2.45) is 0 Å². The van der Waals surface area contributed by atoms with Crippen molar-refractivity contribution in [3.63, 3.8) is 0 Å². The largest absolute Gasteiger partial charge is 0.481 e. The predicted octanol–water partition coefficient (Wildman–Crippen LogP) is 2.97. The molecule has 2 rings (SSSR count). The molecule has 0 heterocycles. The lowest BCUT2D eigenvalue weighted by molar-refractivity contribution is -0.138. The van der Waals surface area contributed by atoms with Crippen molar-refractivity contribution in [2.45, 2.75) is 32.4 Å². The zero-order chi connectivity index (χ0) is 19.1. The van der Waals surface area contributed by atoms with Gasteiger partial charge in [0.05, 0.1) is 18.0 Å². The molecule has 0 saturated carbocycles. The summed E-state index contributed by atoms with van der Waals surface area (Å²) in [5.41, 5.74) is 1.96. The van der Waals surface area contributed by atoms with Crippen LogP contribution in [0.3, 0.4) is 0 Å². The van der Waals surface area contributed by atoms with E-state index in [0.717, 1.165) is 11.1 Å². The average molecular weight is 352 g/mol. The number of carbonyl (C=O) groups excluding carboxylic acids is 1. The van der Waals surface area contributed by atoms with E-state index in [1.807, 2.05) is 25.1 Å². The van der Waals surface area contributed by atoms with Crippen LogP contribution in [0.15, 0.2) is 48.5 Å². The highest BCUT2D eigenvalue weighted by molar-refractivity contribution is 5.82. The number of aryl methyl sites for hydroxylation is 1. The zero-order valence-electron chi connectivity index (χ0n) is 14.6. The van der Waals surface area contributed by atoms with Crippen LogP contribution in [-0.2, 0) is 9.59 Å². The first-order valence-corrected chi connectivity index (χ1v) is 8.16. The number of aliphatic carboxylic acids is 1. The first-order valence-electron chi connectivity index (χ1n) is 8.16. The molecule has 6 heteroatoms. The van der Waals surface area contributed by atoms with Crippen LogP contribution in [0.2, 0.25) is 0 Å². The zero-order valence-corrected chi connectivity index (χ0v) is 14.6. The summed E-state index contributed by atoms with van der Waals surface area (Å²) < 4.78 is 5.59. The number of carbonyl (C=O) groups is 2. The number of hydrogen-bond donors (Lipinski definition) is 2. The van der Waals surface area contributed by atoms with Gasteiger partial charge in [-0.25, -0.2) is 0 Å². The van der Waals surface area contributed by atoms with E-state index in [4.69, 9.17) is 10.00 Å². The van der Waals surface area contributed by atoms with Gasteiger partial charge in [-0.1, -0.05) is 36.4 Å². The Morgan fingerprint density at radius 3 is 2.50 bits per heavy atom. The van der Waals surface area contributed by atoms with Gasteiger partial charge in [0, 0.05) is 0 Å². The Morgan fingerprint density at radius 1 is 1.19 bits per heavy atom. The summed E-state index contributed by atoms with van der Waals surface area (Å²) in [6.45, 7) is 3.42. The van der Waals surface area contributed by atoms with Crippen molar-refractivity contribution in [1.29, 1.82) is 5.26 Å². The van der Waals surface area contributed by atoms with Gasteiger partial charge in [0.2, 0.25) is 0 Å². The van der Waals surface area contributed by atoms with E-state index in [9.17, 15) is 14.7 Å².